The molecule has 0 fully saturated rings. The van der Waals surface area contributed by atoms with Crippen molar-refractivity contribution < 1.29 is 9.53 Å². The lowest BCUT2D eigenvalue weighted by atomic mass is 9.97. The Balaban J connectivity index is 0. The van der Waals surface area contributed by atoms with Gasteiger partial charge in [0.1, 0.15) is 0 Å². The molecule has 0 heterocycles. The van der Waals surface area contributed by atoms with E-state index >= 15 is 0 Å². The summed E-state index contributed by atoms with van der Waals surface area (Å²) in [4.78, 5) is 11.1. The lowest BCUT2D eigenvalue weighted by Crippen LogP contribution is -2.24. The third kappa shape index (κ3) is 6.20. The minimum absolute atomic E-state index is 0. The number of hydrogen-bond acceptors (Lipinski definition) is 2. The highest BCUT2D eigenvalue weighted by Crippen LogP contribution is 2.15. The summed E-state index contributed by atoms with van der Waals surface area (Å²) in [6.07, 6.45) is 0. The predicted octanol–water partition coefficient (Wildman–Crippen LogP) is 2.87. The van der Waals surface area contributed by atoms with Gasteiger partial charge in [0.25, 0.3) is 0 Å². The fourth-order valence-corrected chi connectivity index (χ4v) is 0.459. The molecule has 2 heteroatoms. The zero-order valence-corrected chi connectivity index (χ0v) is 8.10. The molecule has 0 saturated heterocycles. The second-order valence-electron chi connectivity index (χ2n) is 4.24. The summed E-state index contributed by atoms with van der Waals surface area (Å²) in [7, 11) is 0. The van der Waals surface area contributed by atoms with Crippen LogP contribution >= 0.6 is 0 Å². The molecule has 0 aromatic rings. The number of esters is 1. The van der Waals surface area contributed by atoms with Crippen molar-refractivity contribution in [2.45, 2.75) is 42.0 Å². The molecule has 0 radical (unpaired) electrons. The summed E-state index contributed by atoms with van der Waals surface area (Å²) in [6.45, 7) is 10.1. The van der Waals surface area contributed by atoms with Crippen molar-refractivity contribution in [2.24, 2.45) is 11.3 Å². The van der Waals surface area contributed by atoms with Crippen molar-refractivity contribution in [1.82, 2.24) is 0 Å². The molecule has 0 unspecified atom stereocenters. The van der Waals surface area contributed by atoms with Gasteiger partial charge in [0, 0.05) is 0 Å². The van der Waals surface area contributed by atoms with Gasteiger partial charge in [-0.15, -0.1) is 0 Å². The van der Waals surface area contributed by atoms with Crippen LogP contribution in [0.5, 0.6) is 0 Å². The Kier molecular flexibility index (Phi) is 6.05. The molecular weight excluding hydrogens is 152 g/mol. The van der Waals surface area contributed by atoms with Crippen LogP contribution in [0.3, 0.4) is 0 Å². The Hall–Kier alpha value is -0.530. The quantitative estimate of drug-likeness (QED) is 0.602. The molecular formula is C10H22O2. The highest BCUT2D eigenvalue weighted by Gasteiger charge is 2.22. The summed E-state index contributed by atoms with van der Waals surface area (Å²) in [6, 6.07) is 0. The van der Waals surface area contributed by atoms with Crippen LogP contribution in [0.4, 0.5) is 0 Å². The maximum Gasteiger partial charge on any atom is 0.311 e. The van der Waals surface area contributed by atoms with Gasteiger partial charge in [0.15, 0.2) is 0 Å². The van der Waals surface area contributed by atoms with Crippen LogP contribution in [-0.2, 0) is 9.53 Å². The summed E-state index contributed by atoms with van der Waals surface area (Å²) >= 11 is 0. The second-order valence-corrected chi connectivity index (χ2v) is 4.24. The van der Waals surface area contributed by atoms with Crippen LogP contribution in [0, 0.1) is 11.3 Å². The second kappa shape index (κ2) is 5.18. The van der Waals surface area contributed by atoms with Gasteiger partial charge in [0.05, 0.1) is 12.0 Å². The molecule has 0 saturated carbocycles. The van der Waals surface area contributed by atoms with Crippen molar-refractivity contribution in [3.8, 4) is 0 Å². The van der Waals surface area contributed by atoms with Crippen LogP contribution in [0.1, 0.15) is 42.0 Å². The van der Waals surface area contributed by atoms with E-state index in [0.29, 0.717) is 12.5 Å². The number of hydrogen-bond donors (Lipinski definition) is 0. The lowest BCUT2D eigenvalue weighted by molar-refractivity contribution is -0.154. The summed E-state index contributed by atoms with van der Waals surface area (Å²) in [5.74, 6) is 0.299. The topological polar surface area (TPSA) is 26.3 Å². The van der Waals surface area contributed by atoms with E-state index < -0.39 is 0 Å². The Labute approximate surface area is 76.3 Å². The number of carbonyl (C=O) groups excluding carboxylic acids is 1. The first kappa shape index (κ1) is 14.0. The van der Waals surface area contributed by atoms with E-state index in [1.807, 2.05) is 34.6 Å². The number of rotatable bonds is 2. The van der Waals surface area contributed by atoms with Crippen LogP contribution in [0.15, 0.2) is 0 Å². The SMILES string of the molecule is C.CC(C)COC(=O)C(C)(C)C. The highest BCUT2D eigenvalue weighted by molar-refractivity contribution is 5.75. The zero-order chi connectivity index (χ0) is 9.07. The number of ether oxygens (including phenoxy) is 1. The van der Waals surface area contributed by atoms with Gasteiger partial charge in [-0.1, -0.05) is 21.3 Å². The standard InChI is InChI=1S/C9H18O2.CH4/c1-7(2)6-11-8(10)9(3,4)5;/h7H,6H2,1-5H3;1H4. The predicted molar refractivity (Wildman–Crippen MR) is 52.0 cm³/mol. The van der Waals surface area contributed by atoms with E-state index in [4.69, 9.17) is 4.74 Å². The monoisotopic (exact) mass is 174 g/mol. The van der Waals surface area contributed by atoms with Crippen LogP contribution < -0.4 is 0 Å². The van der Waals surface area contributed by atoms with E-state index in [9.17, 15) is 4.79 Å². The molecule has 12 heavy (non-hydrogen) atoms. The highest BCUT2D eigenvalue weighted by atomic mass is 16.5. The van der Waals surface area contributed by atoms with Crippen molar-refractivity contribution in [3.05, 3.63) is 0 Å². The van der Waals surface area contributed by atoms with Gasteiger partial charge >= 0.3 is 5.97 Å². The van der Waals surface area contributed by atoms with Gasteiger partial charge in [-0.2, -0.15) is 0 Å². The van der Waals surface area contributed by atoms with Gasteiger partial charge < -0.3 is 4.74 Å². The molecule has 0 aromatic carbocycles. The van der Waals surface area contributed by atoms with Gasteiger partial charge in [0.2, 0.25) is 0 Å². The molecule has 0 aromatic heterocycles. The third-order valence-corrected chi connectivity index (χ3v) is 1.16. The maximum atomic E-state index is 11.1. The molecule has 0 bridgehead atoms. The molecule has 0 atom stereocenters. The summed E-state index contributed by atoms with van der Waals surface area (Å²) in [5.41, 5.74) is -0.366. The molecule has 0 spiro atoms. The fourth-order valence-electron chi connectivity index (χ4n) is 0.459. The van der Waals surface area contributed by atoms with E-state index in [2.05, 4.69) is 0 Å². The van der Waals surface area contributed by atoms with Crippen molar-refractivity contribution in [2.75, 3.05) is 6.61 Å². The molecule has 0 aliphatic carbocycles. The summed E-state index contributed by atoms with van der Waals surface area (Å²) in [5, 5.41) is 0. The Bertz CT molecular complexity index is 131. The molecule has 0 N–H and O–H groups in total. The first-order valence-corrected chi connectivity index (χ1v) is 4.01. The molecule has 0 aliphatic heterocycles. The molecule has 2 nitrogen and oxygen atoms in total. The molecule has 74 valence electrons. The smallest absolute Gasteiger partial charge is 0.311 e. The lowest BCUT2D eigenvalue weighted by Gasteiger charge is -2.17. The Morgan fingerprint density at radius 1 is 1.33 bits per heavy atom. The molecule has 0 rings (SSSR count). The minimum Gasteiger partial charge on any atom is -0.465 e. The van der Waals surface area contributed by atoms with Gasteiger partial charge in [-0.3, -0.25) is 4.79 Å². The van der Waals surface area contributed by atoms with Crippen LogP contribution in [0.2, 0.25) is 0 Å². The maximum absolute atomic E-state index is 11.1. The average Bonchev–Trinajstić information content (AvgIpc) is 1.80. The van der Waals surface area contributed by atoms with Gasteiger partial charge in [-0.25, -0.2) is 0 Å². The third-order valence-electron chi connectivity index (χ3n) is 1.16. The first-order valence-electron chi connectivity index (χ1n) is 4.01. The Morgan fingerprint density at radius 3 is 2.00 bits per heavy atom. The zero-order valence-electron chi connectivity index (χ0n) is 8.10. The van der Waals surface area contributed by atoms with Crippen molar-refractivity contribution in [1.29, 1.82) is 0 Å². The molecule has 0 aliphatic rings. The normalized spacial score (nSPS) is 10.8. The number of carbonyl (C=O) groups is 1. The van der Waals surface area contributed by atoms with E-state index in [-0.39, 0.29) is 18.8 Å². The largest absolute Gasteiger partial charge is 0.465 e. The van der Waals surface area contributed by atoms with Crippen LogP contribution in [-0.4, -0.2) is 12.6 Å². The Morgan fingerprint density at radius 2 is 1.75 bits per heavy atom. The van der Waals surface area contributed by atoms with E-state index in [0.717, 1.165) is 0 Å². The average molecular weight is 174 g/mol. The summed E-state index contributed by atoms with van der Waals surface area (Å²) < 4.78 is 5.03. The van der Waals surface area contributed by atoms with Crippen molar-refractivity contribution >= 4 is 5.97 Å². The fraction of sp³-hybridized carbons (Fsp3) is 0.900. The van der Waals surface area contributed by atoms with E-state index in [1.54, 1.807) is 0 Å². The first-order chi connectivity index (χ1) is 4.84. The van der Waals surface area contributed by atoms with Crippen molar-refractivity contribution in [3.63, 3.8) is 0 Å². The molecule has 0 amide bonds. The van der Waals surface area contributed by atoms with Crippen LogP contribution in [0.25, 0.3) is 0 Å². The minimum atomic E-state index is -0.366. The van der Waals surface area contributed by atoms with Gasteiger partial charge in [-0.05, 0) is 26.7 Å². The van der Waals surface area contributed by atoms with E-state index in [1.165, 1.54) is 0 Å².